The van der Waals surface area contributed by atoms with Gasteiger partial charge in [-0.3, -0.25) is 0 Å². The van der Waals surface area contributed by atoms with Crippen molar-refractivity contribution in [3.05, 3.63) is 53.6 Å². The predicted octanol–water partition coefficient (Wildman–Crippen LogP) is 4.14. The minimum Gasteiger partial charge on any atom is -0.495 e. The molecule has 0 aromatic heterocycles. The maximum atomic E-state index is 5.91. The second kappa shape index (κ2) is 10.1. The van der Waals surface area contributed by atoms with Crippen LogP contribution in [0.5, 0.6) is 5.75 Å². The Morgan fingerprint density at radius 2 is 1.81 bits per heavy atom. The van der Waals surface area contributed by atoms with E-state index in [0.29, 0.717) is 0 Å². The molecule has 144 valence electrons. The summed E-state index contributed by atoms with van der Waals surface area (Å²) < 4.78 is 5.48. The van der Waals surface area contributed by atoms with Crippen LogP contribution < -0.4 is 15.0 Å². The number of piperazine rings is 1. The van der Waals surface area contributed by atoms with Crippen molar-refractivity contribution in [1.29, 1.82) is 0 Å². The number of hydrogen-bond acceptors (Lipinski definition) is 4. The van der Waals surface area contributed by atoms with Gasteiger partial charge in [0.05, 0.1) is 12.8 Å². The summed E-state index contributed by atoms with van der Waals surface area (Å²) in [7, 11) is 1.72. The number of nitrogens with zero attached hydrogens (tertiary/aromatic N) is 2. The number of halogens is 1. The topological polar surface area (TPSA) is 27.7 Å². The van der Waals surface area contributed by atoms with Crippen molar-refractivity contribution in [1.82, 2.24) is 10.2 Å². The van der Waals surface area contributed by atoms with Gasteiger partial charge in [-0.1, -0.05) is 23.7 Å². The molecule has 0 saturated carbocycles. The lowest BCUT2D eigenvalue weighted by atomic mass is 10.2. The van der Waals surface area contributed by atoms with Gasteiger partial charge >= 0.3 is 0 Å². The molecule has 1 saturated heterocycles. The molecule has 27 heavy (non-hydrogen) atoms. The summed E-state index contributed by atoms with van der Waals surface area (Å²) in [6.07, 6.45) is 0. The number of nitrogens with one attached hydrogen (secondary N) is 1. The molecular formula is C20H24ClN3OS2. The zero-order valence-electron chi connectivity index (χ0n) is 15.4. The van der Waals surface area contributed by atoms with Crippen LogP contribution in [0, 0.1) is 0 Å². The third kappa shape index (κ3) is 5.67. The molecule has 0 amide bonds. The number of thioether (sulfide) groups is 1. The summed E-state index contributed by atoms with van der Waals surface area (Å²) in [5.41, 5.74) is 1.15. The van der Waals surface area contributed by atoms with Gasteiger partial charge in [0.25, 0.3) is 0 Å². The van der Waals surface area contributed by atoms with E-state index < -0.39 is 0 Å². The number of rotatable bonds is 6. The summed E-state index contributed by atoms with van der Waals surface area (Å²) in [4.78, 5) is 5.82. The van der Waals surface area contributed by atoms with E-state index in [-0.39, 0.29) is 0 Å². The van der Waals surface area contributed by atoms with E-state index in [9.17, 15) is 0 Å². The first-order valence-corrected chi connectivity index (χ1v) is 10.7. The summed E-state index contributed by atoms with van der Waals surface area (Å²) in [5, 5.41) is 4.99. The molecule has 1 N–H and O–H groups in total. The Morgan fingerprint density at radius 3 is 2.52 bits per heavy atom. The van der Waals surface area contributed by atoms with E-state index >= 15 is 0 Å². The zero-order valence-corrected chi connectivity index (χ0v) is 17.7. The van der Waals surface area contributed by atoms with Crippen LogP contribution in [-0.2, 0) is 0 Å². The maximum absolute atomic E-state index is 5.91. The molecule has 1 aliphatic rings. The maximum Gasteiger partial charge on any atom is 0.169 e. The van der Waals surface area contributed by atoms with Gasteiger partial charge in [0.2, 0.25) is 0 Å². The summed E-state index contributed by atoms with van der Waals surface area (Å²) in [5.74, 6) is 1.88. The number of ether oxygens (including phenoxy) is 1. The predicted molar refractivity (Wildman–Crippen MR) is 120 cm³/mol. The van der Waals surface area contributed by atoms with Gasteiger partial charge in [0, 0.05) is 48.4 Å². The molecule has 0 aliphatic carbocycles. The van der Waals surface area contributed by atoms with Gasteiger partial charge in [-0.25, -0.2) is 0 Å². The van der Waals surface area contributed by atoms with Gasteiger partial charge in [-0.15, -0.1) is 11.8 Å². The Labute approximate surface area is 175 Å². The van der Waals surface area contributed by atoms with Gasteiger partial charge in [0.1, 0.15) is 5.75 Å². The first-order valence-electron chi connectivity index (χ1n) is 8.96. The number of hydrogen-bond donors (Lipinski definition) is 1. The number of para-hydroxylation sites is 2. The second-order valence-corrected chi connectivity index (χ2v) is 8.17. The smallest absolute Gasteiger partial charge is 0.169 e. The zero-order chi connectivity index (χ0) is 19.1. The fraction of sp³-hybridized carbons (Fsp3) is 0.350. The second-order valence-electron chi connectivity index (χ2n) is 6.18. The fourth-order valence-corrected chi connectivity index (χ4v) is 4.19. The first kappa shape index (κ1) is 20.1. The lowest BCUT2D eigenvalue weighted by molar-refractivity contribution is 0.374. The molecule has 0 bridgehead atoms. The van der Waals surface area contributed by atoms with Crippen LogP contribution in [0.2, 0.25) is 5.02 Å². The van der Waals surface area contributed by atoms with Crippen molar-refractivity contribution in [3.63, 3.8) is 0 Å². The van der Waals surface area contributed by atoms with Gasteiger partial charge in [-0.2, -0.15) is 0 Å². The number of thiocarbonyl (C=S) groups is 1. The van der Waals surface area contributed by atoms with Crippen molar-refractivity contribution in [2.45, 2.75) is 4.90 Å². The monoisotopic (exact) mass is 421 g/mol. The molecular weight excluding hydrogens is 398 g/mol. The minimum absolute atomic E-state index is 0.769. The molecule has 4 nitrogen and oxygen atoms in total. The third-order valence-corrected chi connectivity index (χ3v) is 6.12. The van der Waals surface area contributed by atoms with Crippen molar-refractivity contribution in [2.75, 3.05) is 50.5 Å². The standard InChI is InChI=1S/C20H24ClN3OS2/c1-25-19-5-3-2-4-18(19)23-11-13-24(14-12-23)20(26)22-10-15-27-17-8-6-16(21)7-9-17/h2-9H,10-15H2,1H3,(H,22,26). The van der Waals surface area contributed by atoms with Crippen molar-refractivity contribution in [3.8, 4) is 5.75 Å². The Hall–Kier alpha value is -1.63. The molecule has 0 radical (unpaired) electrons. The Morgan fingerprint density at radius 1 is 1.11 bits per heavy atom. The van der Waals surface area contributed by atoms with Crippen LogP contribution in [0.1, 0.15) is 0 Å². The molecule has 1 aliphatic heterocycles. The largest absolute Gasteiger partial charge is 0.495 e. The highest BCUT2D eigenvalue weighted by Gasteiger charge is 2.20. The molecule has 1 fully saturated rings. The summed E-state index contributed by atoms with van der Waals surface area (Å²) in [6, 6.07) is 16.1. The fourth-order valence-electron chi connectivity index (χ4n) is 3.01. The average molecular weight is 422 g/mol. The molecule has 0 atom stereocenters. The lowest BCUT2D eigenvalue weighted by Gasteiger charge is -2.37. The van der Waals surface area contributed by atoms with Crippen LogP contribution in [0.3, 0.4) is 0 Å². The molecule has 0 spiro atoms. The molecule has 2 aromatic carbocycles. The SMILES string of the molecule is COc1ccccc1N1CCN(C(=S)NCCSc2ccc(Cl)cc2)CC1. The first-order chi connectivity index (χ1) is 13.2. The van der Waals surface area contributed by atoms with E-state index in [2.05, 4.69) is 27.2 Å². The van der Waals surface area contributed by atoms with Crippen LogP contribution in [0.25, 0.3) is 0 Å². The van der Waals surface area contributed by atoms with Crippen molar-refractivity contribution < 1.29 is 4.74 Å². The number of benzene rings is 2. The van der Waals surface area contributed by atoms with Crippen LogP contribution in [0.4, 0.5) is 5.69 Å². The van der Waals surface area contributed by atoms with Crippen LogP contribution >= 0.6 is 35.6 Å². The Bertz CT molecular complexity index is 749. The summed E-state index contributed by atoms with van der Waals surface area (Å²) >= 11 is 13.3. The summed E-state index contributed by atoms with van der Waals surface area (Å²) in [6.45, 7) is 4.53. The van der Waals surface area contributed by atoms with E-state index in [0.717, 1.165) is 60.0 Å². The highest BCUT2D eigenvalue weighted by atomic mass is 35.5. The van der Waals surface area contributed by atoms with E-state index in [1.54, 1.807) is 18.9 Å². The number of methoxy groups -OCH3 is 1. The highest BCUT2D eigenvalue weighted by Crippen LogP contribution is 2.28. The third-order valence-electron chi connectivity index (χ3n) is 4.45. The van der Waals surface area contributed by atoms with Gasteiger partial charge < -0.3 is 19.9 Å². The normalized spacial score (nSPS) is 14.1. The van der Waals surface area contributed by atoms with Gasteiger partial charge in [0.15, 0.2) is 5.11 Å². The quantitative estimate of drug-likeness (QED) is 0.428. The average Bonchev–Trinajstić information content (AvgIpc) is 2.72. The molecule has 1 heterocycles. The van der Waals surface area contributed by atoms with E-state index in [1.165, 1.54) is 4.90 Å². The highest BCUT2D eigenvalue weighted by molar-refractivity contribution is 7.99. The molecule has 7 heteroatoms. The minimum atomic E-state index is 0.769. The van der Waals surface area contributed by atoms with Crippen LogP contribution in [-0.4, -0.2) is 55.6 Å². The Balaban J connectivity index is 1.40. The van der Waals surface area contributed by atoms with Gasteiger partial charge in [-0.05, 0) is 48.6 Å². The van der Waals surface area contributed by atoms with Crippen molar-refractivity contribution in [2.24, 2.45) is 0 Å². The lowest BCUT2D eigenvalue weighted by Crippen LogP contribution is -2.52. The van der Waals surface area contributed by atoms with E-state index in [4.69, 9.17) is 28.6 Å². The number of anilines is 1. The molecule has 0 unspecified atom stereocenters. The van der Waals surface area contributed by atoms with E-state index in [1.807, 2.05) is 36.4 Å². The molecule has 3 rings (SSSR count). The molecule has 2 aromatic rings. The van der Waals surface area contributed by atoms with Crippen LogP contribution in [0.15, 0.2) is 53.4 Å². The Kier molecular flexibility index (Phi) is 7.50. The van der Waals surface area contributed by atoms with Crippen molar-refractivity contribution >= 4 is 46.4 Å².